The molecule has 3 aromatic rings. The molecule has 0 aliphatic carbocycles. The van der Waals surface area contributed by atoms with Crippen molar-refractivity contribution in [2.24, 2.45) is 0 Å². The molecule has 21 heavy (non-hydrogen) atoms. The van der Waals surface area contributed by atoms with Crippen molar-refractivity contribution in [1.29, 1.82) is 0 Å². The fourth-order valence-electron chi connectivity index (χ4n) is 2.24. The number of anilines is 1. The van der Waals surface area contributed by atoms with E-state index in [9.17, 15) is 0 Å². The van der Waals surface area contributed by atoms with Gasteiger partial charge in [-0.2, -0.15) is 0 Å². The molecule has 0 aliphatic rings. The lowest BCUT2D eigenvalue weighted by Gasteiger charge is -2.09. The molecule has 0 aliphatic heterocycles. The first-order valence-electron chi connectivity index (χ1n) is 6.86. The Morgan fingerprint density at radius 2 is 1.81 bits per heavy atom. The Morgan fingerprint density at radius 3 is 2.62 bits per heavy atom. The predicted molar refractivity (Wildman–Crippen MR) is 96.0 cm³/mol. The van der Waals surface area contributed by atoms with Gasteiger partial charge in [0.1, 0.15) is 0 Å². The minimum atomic E-state index is 0.856. The Balaban J connectivity index is 1.72. The SMILES string of the molecule is Cc1c(Br)cccc1NCc1cc(-c2ccccc2)cs1. The van der Waals surface area contributed by atoms with Crippen molar-refractivity contribution in [3.05, 3.63) is 74.9 Å². The third-order valence-corrected chi connectivity index (χ3v) is 5.28. The quantitative estimate of drug-likeness (QED) is 0.594. The normalized spacial score (nSPS) is 10.6. The lowest BCUT2D eigenvalue weighted by atomic mass is 10.1. The van der Waals surface area contributed by atoms with Crippen LogP contribution in [0.5, 0.6) is 0 Å². The highest BCUT2D eigenvalue weighted by atomic mass is 79.9. The van der Waals surface area contributed by atoms with E-state index in [2.05, 4.69) is 82.1 Å². The average molecular weight is 358 g/mol. The molecule has 1 heterocycles. The van der Waals surface area contributed by atoms with Crippen molar-refractivity contribution < 1.29 is 0 Å². The zero-order valence-electron chi connectivity index (χ0n) is 11.8. The Kier molecular flexibility index (Phi) is 4.42. The first kappa shape index (κ1) is 14.4. The van der Waals surface area contributed by atoms with Gasteiger partial charge in [-0.1, -0.05) is 52.3 Å². The second-order valence-electron chi connectivity index (χ2n) is 4.93. The monoisotopic (exact) mass is 357 g/mol. The van der Waals surface area contributed by atoms with Gasteiger partial charge in [-0.05, 0) is 47.2 Å². The van der Waals surface area contributed by atoms with Crippen molar-refractivity contribution >= 4 is 33.0 Å². The van der Waals surface area contributed by atoms with Crippen LogP contribution in [0.3, 0.4) is 0 Å². The van der Waals surface area contributed by atoms with Crippen molar-refractivity contribution in [2.75, 3.05) is 5.32 Å². The van der Waals surface area contributed by atoms with E-state index >= 15 is 0 Å². The van der Waals surface area contributed by atoms with Gasteiger partial charge in [0.2, 0.25) is 0 Å². The zero-order valence-corrected chi connectivity index (χ0v) is 14.2. The molecular formula is C18H16BrNS. The molecule has 2 aromatic carbocycles. The van der Waals surface area contributed by atoms with Crippen molar-refractivity contribution in [1.82, 2.24) is 0 Å². The summed E-state index contributed by atoms with van der Waals surface area (Å²) in [5, 5.41) is 5.74. The van der Waals surface area contributed by atoms with Gasteiger partial charge >= 0.3 is 0 Å². The van der Waals surface area contributed by atoms with Gasteiger partial charge in [0.15, 0.2) is 0 Å². The van der Waals surface area contributed by atoms with Crippen LogP contribution >= 0.6 is 27.3 Å². The van der Waals surface area contributed by atoms with Gasteiger partial charge in [0.25, 0.3) is 0 Å². The summed E-state index contributed by atoms with van der Waals surface area (Å²) in [5.41, 5.74) is 5.00. The van der Waals surface area contributed by atoms with E-state index in [0.717, 1.165) is 11.0 Å². The van der Waals surface area contributed by atoms with E-state index in [4.69, 9.17) is 0 Å². The molecule has 1 aromatic heterocycles. The van der Waals surface area contributed by atoms with Gasteiger partial charge in [-0.25, -0.2) is 0 Å². The van der Waals surface area contributed by atoms with Crippen LogP contribution in [-0.4, -0.2) is 0 Å². The highest BCUT2D eigenvalue weighted by Crippen LogP contribution is 2.27. The Morgan fingerprint density at radius 1 is 1.00 bits per heavy atom. The molecule has 0 saturated heterocycles. The third kappa shape index (κ3) is 3.36. The Labute approximate surface area is 137 Å². The number of nitrogens with one attached hydrogen (secondary N) is 1. The molecule has 0 atom stereocenters. The molecule has 106 valence electrons. The summed E-state index contributed by atoms with van der Waals surface area (Å²) in [5.74, 6) is 0. The summed E-state index contributed by atoms with van der Waals surface area (Å²) in [6, 6.07) is 19.0. The molecule has 0 spiro atoms. The van der Waals surface area contributed by atoms with Crippen molar-refractivity contribution in [2.45, 2.75) is 13.5 Å². The predicted octanol–water partition coefficient (Wildman–Crippen LogP) is 6.10. The number of rotatable bonds is 4. The van der Waals surface area contributed by atoms with Crippen LogP contribution in [0.1, 0.15) is 10.4 Å². The molecule has 0 amide bonds. The number of halogens is 1. The maximum absolute atomic E-state index is 3.57. The second kappa shape index (κ2) is 6.46. The fourth-order valence-corrected chi connectivity index (χ4v) is 3.44. The van der Waals surface area contributed by atoms with E-state index < -0.39 is 0 Å². The summed E-state index contributed by atoms with van der Waals surface area (Å²) in [7, 11) is 0. The number of benzene rings is 2. The smallest absolute Gasteiger partial charge is 0.0494 e. The second-order valence-corrected chi connectivity index (χ2v) is 6.78. The van der Waals surface area contributed by atoms with Gasteiger partial charge in [-0.3, -0.25) is 0 Å². The fraction of sp³-hybridized carbons (Fsp3) is 0.111. The molecule has 0 bridgehead atoms. The zero-order chi connectivity index (χ0) is 14.7. The largest absolute Gasteiger partial charge is 0.380 e. The van der Waals surface area contributed by atoms with Crippen molar-refractivity contribution in [3.8, 4) is 11.1 Å². The number of hydrogen-bond donors (Lipinski definition) is 1. The maximum atomic E-state index is 3.57. The van der Waals surface area contributed by atoms with Gasteiger partial charge in [0.05, 0.1) is 0 Å². The highest BCUT2D eigenvalue weighted by molar-refractivity contribution is 9.10. The average Bonchev–Trinajstić information content (AvgIpc) is 2.99. The van der Waals surface area contributed by atoms with Crippen molar-refractivity contribution in [3.63, 3.8) is 0 Å². The molecule has 0 saturated carbocycles. The van der Waals surface area contributed by atoms with Crippen LogP contribution in [0.25, 0.3) is 11.1 Å². The van der Waals surface area contributed by atoms with Crippen LogP contribution in [-0.2, 0) is 6.54 Å². The Bertz CT molecular complexity index is 734. The lowest BCUT2D eigenvalue weighted by Crippen LogP contribution is -1.99. The minimum absolute atomic E-state index is 0.856. The first-order valence-corrected chi connectivity index (χ1v) is 8.53. The molecular weight excluding hydrogens is 342 g/mol. The van der Waals surface area contributed by atoms with Crippen LogP contribution in [0.2, 0.25) is 0 Å². The topological polar surface area (TPSA) is 12.0 Å². The van der Waals surface area contributed by atoms with Crippen LogP contribution < -0.4 is 5.32 Å². The molecule has 0 fully saturated rings. The standard InChI is InChI=1S/C18H16BrNS/c1-13-17(19)8-5-9-18(13)20-11-16-10-15(12-21-16)14-6-3-2-4-7-14/h2-10,12,20H,11H2,1H3. The highest BCUT2D eigenvalue weighted by Gasteiger charge is 2.04. The van der Waals surface area contributed by atoms with Gasteiger partial charge in [-0.15, -0.1) is 11.3 Å². The van der Waals surface area contributed by atoms with Gasteiger partial charge in [0, 0.05) is 21.6 Å². The van der Waals surface area contributed by atoms with Crippen LogP contribution in [0.15, 0.2) is 64.5 Å². The maximum Gasteiger partial charge on any atom is 0.0494 e. The first-order chi connectivity index (χ1) is 10.2. The summed E-state index contributed by atoms with van der Waals surface area (Å²) in [4.78, 5) is 1.34. The van der Waals surface area contributed by atoms with E-state index in [1.807, 2.05) is 6.07 Å². The number of thiophene rings is 1. The van der Waals surface area contributed by atoms with E-state index in [-0.39, 0.29) is 0 Å². The molecule has 3 heteroatoms. The molecule has 1 N–H and O–H groups in total. The minimum Gasteiger partial charge on any atom is -0.380 e. The summed E-state index contributed by atoms with van der Waals surface area (Å²) in [6.45, 7) is 2.98. The van der Waals surface area contributed by atoms with E-state index in [1.165, 1.54) is 27.3 Å². The molecule has 3 rings (SSSR count). The summed E-state index contributed by atoms with van der Waals surface area (Å²) < 4.78 is 1.14. The van der Waals surface area contributed by atoms with Crippen LogP contribution in [0.4, 0.5) is 5.69 Å². The van der Waals surface area contributed by atoms with E-state index in [1.54, 1.807) is 11.3 Å². The van der Waals surface area contributed by atoms with E-state index in [0.29, 0.717) is 0 Å². The lowest BCUT2D eigenvalue weighted by molar-refractivity contribution is 1.18. The third-order valence-electron chi connectivity index (χ3n) is 3.48. The molecule has 1 nitrogen and oxygen atoms in total. The molecule has 0 radical (unpaired) electrons. The van der Waals surface area contributed by atoms with Gasteiger partial charge < -0.3 is 5.32 Å². The van der Waals surface area contributed by atoms with Crippen LogP contribution in [0, 0.1) is 6.92 Å². The summed E-state index contributed by atoms with van der Waals surface area (Å²) in [6.07, 6.45) is 0. The number of hydrogen-bond acceptors (Lipinski definition) is 2. The summed E-state index contributed by atoms with van der Waals surface area (Å²) >= 11 is 5.37. The Hall–Kier alpha value is -1.58. The molecule has 0 unspecified atom stereocenters.